The van der Waals surface area contributed by atoms with E-state index < -0.39 is 0 Å². The average Bonchev–Trinajstić information content (AvgIpc) is 3.21. The van der Waals surface area contributed by atoms with Gasteiger partial charge in [0.15, 0.2) is 5.96 Å². The second kappa shape index (κ2) is 14.3. The SMILES string of the molecule is CN=C(NCCCCSC)NCC(c1ccc(OC)cc1)N1CCCC1.I. The van der Waals surface area contributed by atoms with Crippen LogP contribution in [-0.2, 0) is 0 Å². The van der Waals surface area contributed by atoms with Crippen LogP contribution in [0.1, 0.15) is 37.3 Å². The number of unbranched alkanes of at least 4 members (excludes halogenated alkanes) is 1. The maximum atomic E-state index is 5.30. The molecule has 27 heavy (non-hydrogen) atoms. The fraction of sp³-hybridized carbons (Fsp3) is 0.650. The van der Waals surface area contributed by atoms with Gasteiger partial charge in [-0.05, 0) is 68.5 Å². The van der Waals surface area contributed by atoms with Gasteiger partial charge in [0.2, 0.25) is 0 Å². The summed E-state index contributed by atoms with van der Waals surface area (Å²) in [5.74, 6) is 3.03. The molecule has 154 valence electrons. The molecule has 0 bridgehead atoms. The molecule has 1 heterocycles. The Kier molecular flexibility index (Phi) is 12.9. The molecule has 1 aliphatic rings. The average molecular weight is 506 g/mol. The molecular weight excluding hydrogens is 471 g/mol. The lowest BCUT2D eigenvalue weighted by molar-refractivity contribution is 0.245. The molecule has 0 aliphatic carbocycles. The van der Waals surface area contributed by atoms with Crippen molar-refractivity contribution >= 4 is 41.7 Å². The monoisotopic (exact) mass is 506 g/mol. The van der Waals surface area contributed by atoms with Crippen LogP contribution in [0.15, 0.2) is 29.3 Å². The molecule has 2 rings (SSSR count). The highest BCUT2D eigenvalue weighted by atomic mass is 127. The first kappa shape index (κ1) is 24.4. The third kappa shape index (κ3) is 8.48. The van der Waals surface area contributed by atoms with E-state index in [9.17, 15) is 0 Å². The first-order chi connectivity index (χ1) is 12.8. The van der Waals surface area contributed by atoms with E-state index in [4.69, 9.17) is 4.74 Å². The lowest BCUT2D eigenvalue weighted by atomic mass is 10.1. The molecule has 1 fully saturated rings. The lowest BCUT2D eigenvalue weighted by Crippen LogP contribution is -2.43. The third-order valence-corrected chi connectivity index (χ3v) is 5.53. The van der Waals surface area contributed by atoms with Crippen LogP contribution in [0.25, 0.3) is 0 Å². The standard InChI is InChI=1S/C20H34N4OS.HI/c1-21-20(22-12-4-7-15-26-3)23-16-19(24-13-5-6-14-24)17-8-10-18(25-2)11-9-17;/h8-11,19H,4-7,12-16H2,1-3H3,(H2,21,22,23);1H. The minimum Gasteiger partial charge on any atom is -0.497 e. The predicted octanol–water partition coefficient (Wildman–Crippen LogP) is 3.76. The maximum Gasteiger partial charge on any atom is 0.191 e. The molecule has 1 aliphatic heterocycles. The molecule has 0 radical (unpaired) electrons. The number of likely N-dealkylation sites (tertiary alicyclic amines) is 1. The fourth-order valence-corrected chi connectivity index (χ4v) is 3.82. The normalized spacial score (nSPS) is 15.9. The number of nitrogens with one attached hydrogen (secondary N) is 2. The first-order valence-electron chi connectivity index (χ1n) is 9.60. The number of rotatable bonds is 10. The second-order valence-corrected chi connectivity index (χ2v) is 7.60. The summed E-state index contributed by atoms with van der Waals surface area (Å²) in [4.78, 5) is 6.95. The van der Waals surface area contributed by atoms with E-state index >= 15 is 0 Å². The number of guanidine groups is 1. The van der Waals surface area contributed by atoms with Gasteiger partial charge in [-0.25, -0.2) is 0 Å². The summed E-state index contributed by atoms with van der Waals surface area (Å²) in [6, 6.07) is 8.83. The van der Waals surface area contributed by atoms with E-state index in [1.165, 1.54) is 50.1 Å². The second-order valence-electron chi connectivity index (χ2n) is 6.61. The van der Waals surface area contributed by atoms with Crippen molar-refractivity contribution in [3.63, 3.8) is 0 Å². The number of benzene rings is 1. The molecule has 2 N–H and O–H groups in total. The van der Waals surface area contributed by atoms with Crippen LogP contribution in [0.4, 0.5) is 0 Å². The largest absolute Gasteiger partial charge is 0.497 e. The molecule has 0 amide bonds. The van der Waals surface area contributed by atoms with Gasteiger partial charge in [-0.1, -0.05) is 12.1 Å². The van der Waals surface area contributed by atoms with Crippen LogP contribution < -0.4 is 15.4 Å². The molecule has 7 heteroatoms. The van der Waals surface area contributed by atoms with Gasteiger partial charge < -0.3 is 15.4 Å². The van der Waals surface area contributed by atoms with Gasteiger partial charge in [0, 0.05) is 20.1 Å². The molecule has 1 saturated heterocycles. The summed E-state index contributed by atoms with van der Waals surface area (Å²) in [5.41, 5.74) is 1.33. The highest BCUT2D eigenvalue weighted by Gasteiger charge is 2.23. The van der Waals surface area contributed by atoms with Crippen LogP contribution in [0.5, 0.6) is 5.75 Å². The van der Waals surface area contributed by atoms with Gasteiger partial charge in [0.05, 0.1) is 13.2 Å². The van der Waals surface area contributed by atoms with Gasteiger partial charge in [0.1, 0.15) is 5.75 Å². The van der Waals surface area contributed by atoms with Gasteiger partial charge in [-0.15, -0.1) is 24.0 Å². The summed E-state index contributed by atoms with van der Waals surface area (Å²) in [6.07, 6.45) is 7.15. The fourth-order valence-electron chi connectivity index (χ4n) is 3.33. The summed E-state index contributed by atoms with van der Waals surface area (Å²) in [7, 11) is 3.55. The molecule has 1 unspecified atom stereocenters. The molecule has 0 aromatic heterocycles. The van der Waals surface area contributed by atoms with Crippen LogP contribution in [-0.4, -0.2) is 63.2 Å². The van der Waals surface area contributed by atoms with Crippen molar-refractivity contribution in [2.75, 3.05) is 52.3 Å². The molecule has 5 nitrogen and oxygen atoms in total. The van der Waals surface area contributed by atoms with Crippen LogP contribution in [0.3, 0.4) is 0 Å². The van der Waals surface area contributed by atoms with E-state index in [2.05, 4.69) is 51.0 Å². The Morgan fingerprint density at radius 2 is 1.89 bits per heavy atom. The topological polar surface area (TPSA) is 48.9 Å². The minimum absolute atomic E-state index is 0. The number of hydrogen-bond donors (Lipinski definition) is 2. The Balaban J connectivity index is 0.00000364. The van der Waals surface area contributed by atoms with E-state index in [0.29, 0.717) is 6.04 Å². The van der Waals surface area contributed by atoms with Crippen molar-refractivity contribution < 1.29 is 4.74 Å². The predicted molar refractivity (Wildman–Crippen MR) is 129 cm³/mol. The Morgan fingerprint density at radius 3 is 2.48 bits per heavy atom. The van der Waals surface area contributed by atoms with Crippen LogP contribution in [0.2, 0.25) is 0 Å². The molecular formula is C20H35IN4OS. The molecule has 1 aromatic rings. The summed E-state index contributed by atoms with van der Waals surface area (Å²) < 4.78 is 5.30. The van der Waals surface area contributed by atoms with Crippen molar-refractivity contribution in [2.24, 2.45) is 4.99 Å². The van der Waals surface area contributed by atoms with Crippen molar-refractivity contribution in [3.05, 3.63) is 29.8 Å². The van der Waals surface area contributed by atoms with Crippen molar-refractivity contribution in [3.8, 4) is 5.75 Å². The highest BCUT2D eigenvalue weighted by molar-refractivity contribution is 14.0. The Morgan fingerprint density at radius 1 is 1.19 bits per heavy atom. The van der Waals surface area contributed by atoms with E-state index in [1.807, 2.05) is 18.8 Å². The first-order valence-corrected chi connectivity index (χ1v) is 11.0. The van der Waals surface area contributed by atoms with Gasteiger partial charge >= 0.3 is 0 Å². The van der Waals surface area contributed by atoms with E-state index in [0.717, 1.165) is 24.8 Å². The van der Waals surface area contributed by atoms with Gasteiger partial charge in [-0.2, -0.15) is 11.8 Å². The lowest BCUT2D eigenvalue weighted by Gasteiger charge is -2.29. The molecule has 0 saturated carbocycles. The number of thioether (sulfide) groups is 1. The number of ether oxygens (including phenoxy) is 1. The Bertz CT molecular complexity index is 535. The van der Waals surface area contributed by atoms with Crippen LogP contribution in [0, 0.1) is 0 Å². The number of hydrogen-bond acceptors (Lipinski definition) is 4. The molecule has 1 aromatic carbocycles. The zero-order valence-electron chi connectivity index (χ0n) is 16.9. The van der Waals surface area contributed by atoms with Crippen molar-refractivity contribution in [1.29, 1.82) is 0 Å². The zero-order valence-corrected chi connectivity index (χ0v) is 20.0. The number of halogens is 1. The van der Waals surface area contributed by atoms with Gasteiger partial charge in [-0.3, -0.25) is 9.89 Å². The van der Waals surface area contributed by atoms with E-state index in [-0.39, 0.29) is 24.0 Å². The Labute approximate surface area is 186 Å². The molecule has 0 spiro atoms. The Hall–Kier alpha value is -0.670. The van der Waals surface area contributed by atoms with Crippen molar-refractivity contribution in [2.45, 2.75) is 31.7 Å². The number of nitrogens with zero attached hydrogens (tertiary/aromatic N) is 2. The smallest absolute Gasteiger partial charge is 0.191 e. The summed E-state index contributed by atoms with van der Waals surface area (Å²) >= 11 is 1.91. The van der Waals surface area contributed by atoms with Crippen molar-refractivity contribution in [1.82, 2.24) is 15.5 Å². The summed E-state index contributed by atoms with van der Waals surface area (Å²) in [5, 5.41) is 6.96. The number of methoxy groups -OCH3 is 1. The quantitative estimate of drug-likeness (QED) is 0.219. The maximum absolute atomic E-state index is 5.30. The van der Waals surface area contributed by atoms with Crippen LogP contribution >= 0.6 is 35.7 Å². The van der Waals surface area contributed by atoms with Gasteiger partial charge in [0.25, 0.3) is 0 Å². The third-order valence-electron chi connectivity index (χ3n) is 4.84. The van der Waals surface area contributed by atoms with E-state index in [1.54, 1.807) is 7.11 Å². The molecule has 1 atom stereocenters. The zero-order chi connectivity index (χ0) is 18.6. The highest BCUT2D eigenvalue weighted by Crippen LogP contribution is 2.26. The summed E-state index contributed by atoms with van der Waals surface area (Å²) in [6.45, 7) is 4.16. The minimum atomic E-state index is 0. The number of aliphatic imine (C=N–C) groups is 1.